The minimum absolute atomic E-state index is 0.0876. The molecule has 1 aromatic carbocycles. The molecule has 0 aliphatic heterocycles. The number of hydroxylamine groups is 1. The van der Waals surface area contributed by atoms with E-state index in [0.717, 1.165) is 44.2 Å². The first-order valence-corrected chi connectivity index (χ1v) is 8.80. The molecular weight excluding hydrogens is 387 g/mol. The zero-order valence-corrected chi connectivity index (χ0v) is 14.9. The molecule has 0 aromatic heterocycles. The molecule has 2 rings (SSSR count). The number of nitrogens with one attached hydrogen (secondary N) is 1. The third kappa shape index (κ3) is 6.56. The number of Topliss-reactive ketones (excluding diaryl/α,β-unsaturated/α-hetero) is 1. The van der Waals surface area contributed by atoms with Gasteiger partial charge in [-0.05, 0) is 59.1 Å². The van der Waals surface area contributed by atoms with E-state index in [2.05, 4.69) is 31.2 Å². The highest BCUT2D eigenvalue weighted by Crippen LogP contribution is 2.26. The quantitative estimate of drug-likeness (QED) is 0.265. The van der Waals surface area contributed by atoms with Gasteiger partial charge in [0.2, 0.25) is 5.78 Å². The van der Waals surface area contributed by atoms with Crippen molar-refractivity contribution in [3.8, 4) is 0 Å². The standard InChI is InChI=1S/C14H16BrFN2O2.H4N2S/c15-11-8-10(6-7-12(11)16)17-14(18-20)13(19)9-4-2-1-3-5-9;1-3-2/h6-9,20H,1-5H2,(H,17,18);1-2H2. The van der Waals surface area contributed by atoms with Crippen molar-refractivity contribution in [3.63, 3.8) is 0 Å². The lowest BCUT2D eigenvalue weighted by Crippen LogP contribution is -2.34. The Kier molecular flexibility index (Phi) is 9.34. The zero-order valence-electron chi connectivity index (χ0n) is 12.5. The molecule has 0 unspecified atom stereocenters. The molecule has 128 valence electrons. The monoisotopic (exact) mass is 406 g/mol. The summed E-state index contributed by atoms with van der Waals surface area (Å²) in [5, 5.41) is 18.2. The molecule has 1 aromatic rings. The van der Waals surface area contributed by atoms with Crippen LogP contribution >= 0.6 is 28.1 Å². The maximum absolute atomic E-state index is 13.1. The molecule has 0 spiro atoms. The summed E-state index contributed by atoms with van der Waals surface area (Å²) in [5.74, 6) is -0.768. The molecule has 9 heteroatoms. The van der Waals surface area contributed by atoms with Crippen molar-refractivity contribution in [1.29, 1.82) is 0 Å². The minimum atomic E-state index is -0.402. The maximum atomic E-state index is 13.1. The van der Waals surface area contributed by atoms with Gasteiger partial charge in [-0.3, -0.25) is 20.3 Å². The van der Waals surface area contributed by atoms with Crippen LogP contribution in [-0.4, -0.2) is 16.8 Å². The number of nitrogens with zero attached hydrogens (tertiary/aromatic N) is 1. The number of benzene rings is 1. The van der Waals surface area contributed by atoms with Crippen LogP contribution in [0.2, 0.25) is 0 Å². The average Bonchev–Trinajstić information content (AvgIpc) is 2.57. The Balaban J connectivity index is 0.000000816. The molecule has 0 heterocycles. The number of carbonyl (C=O) groups excluding carboxylic acids is 1. The fourth-order valence-corrected chi connectivity index (χ4v) is 2.74. The maximum Gasteiger partial charge on any atom is 0.202 e. The predicted octanol–water partition coefficient (Wildman–Crippen LogP) is 3.21. The first kappa shape index (κ1) is 20.0. The molecule has 23 heavy (non-hydrogen) atoms. The SMILES string of the molecule is NSN.O=C(C(=Nc1ccc(F)c(Br)c1)NO)C1CCCCC1. The summed E-state index contributed by atoms with van der Waals surface area (Å²) in [7, 11) is 0. The minimum Gasteiger partial charge on any atom is -0.290 e. The van der Waals surface area contributed by atoms with E-state index in [1.165, 1.54) is 18.2 Å². The molecule has 0 bridgehead atoms. The van der Waals surface area contributed by atoms with Gasteiger partial charge in [0.05, 0.1) is 10.2 Å². The largest absolute Gasteiger partial charge is 0.290 e. The average molecular weight is 407 g/mol. The Morgan fingerprint density at radius 2 is 1.96 bits per heavy atom. The highest BCUT2D eigenvalue weighted by molar-refractivity contribution is 9.10. The van der Waals surface area contributed by atoms with Gasteiger partial charge in [0.1, 0.15) is 5.82 Å². The van der Waals surface area contributed by atoms with Gasteiger partial charge in [-0.15, -0.1) is 0 Å². The van der Waals surface area contributed by atoms with Crippen LogP contribution in [0.3, 0.4) is 0 Å². The van der Waals surface area contributed by atoms with Crippen LogP contribution in [0.15, 0.2) is 27.7 Å². The van der Waals surface area contributed by atoms with Crippen molar-refractivity contribution in [2.75, 3.05) is 0 Å². The summed E-state index contributed by atoms with van der Waals surface area (Å²) in [5.41, 5.74) is 2.27. The van der Waals surface area contributed by atoms with Gasteiger partial charge in [0, 0.05) is 5.92 Å². The van der Waals surface area contributed by atoms with E-state index in [1.54, 1.807) is 0 Å². The number of amidine groups is 1. The van der Waals surface area contributed by atoms with Gasteiger partial charge in [-0.1, -0.05) is 19.3 Å². The Labute approximate surface area is 147 Å². The number of halogens is 2. The molecule has 1 aliphatic rings. The van der Waals surface area contributed by atoms with Crippen molar-refractivity contribution in [2.45, 2.75) is 32.1 Å². The van der Waals surface area contributed by atoms with Gasteiger partial charge in [-0.2, -0.15) is 0 Å². The van der Waals surface area contributed by atoms with Crippen LogP contribution in [0, 0.1) is 11.7 Å². The van der Waals surface area contributed by atoms with Crippen LogP contribution < -0.4 is 15.8 Å². The van der Waals surface area contributed by atoms with E-state index >= 15 is 0 Å². The van der Waals surface area contributed by atoms with Gasteiger partial charge >= 0.3 is 0 Å². The van der Waals surface area contributed by atoms with E-state index in [1.807, 2.05) is 5.48 Å². The molecule has 1 fully saturated rings. The molecule has 6 N–H and O–H groups in total. The van der Waals surface area contributed by atoms with Crippen LogP contribution in [0.5, 0.6) is 0 Å². The smallest absolute Gasteiger partial charge is 0.202 e. The van der Waals surface area contributed by atoms with E-state index in [9.17, 15) is 9.18 Å². The zero-order chi connectivity index (χ0) is 17.2. The van der Waals surface area contributed by atoms with Crippen molar-refractivity contribution >= 4 is 45.4 Å². The van der Waals surface area contributed by atoms with Crippen LogP contribution in [0.1, 0.15) is 32.1 Å². The first-order chi connectivity index (χ1) is 11.0. The Morgan fingerprint density at radius 3 is 2.48 bits per heavy atom. The fourth-order valence-electron chi connectivity index (χ4n) is 2.38. The van der Waals surface area contributed by atoms with E-state index in [-0.39, 0.29) is 22.0 Å². The van der Waals surface area contributed by atoms with Crippen molar-refractivity contribution < 1.29 is 14.4 Å². The van der Waals surface area contributed by atoms with Crippen molar-refractivity contribution in [1.82, 2.24) is 5.48 Å². The third-order valence-corrected chi connectivity index (χ3v) is 4.07. The van der Waals surface area contributed by atoms with Crippen LogP contribution in [0.25, 0.3) is 0 Å². The number of nitrogens with two attached hydrogens (primary N) is 2. The third-order valence-electron chi connectivity index (χ3n) is 3.46. The second-order valence-corrected chi connectivity index (χ2v) is 6.13. The molecule has 1 aliphatic carbocycles. The molecule has 0 amide bonds. The Bertz CT molecular complexity index is 554. The summed E-state index contributed by atoms with van der Waals surface area (Å²) in [6.07, 6.45) is 4.85. The molecular formula is C14H20BrFN4O2S. The topological polar surface area (TPSA) is 114 Å². The lowest BCUT2D eigenvalue weighted by Gasteiger charge is -2.20. The molecule has 0 radical (unpaired) electrons. The first-order valence-electron chi connectivity index (χ1n) is 7.07. The van der Waals surface area contributed by atoms with Gasteiger partial charge in [0.15, 0.2) is 5.84 Å². The highest BCUT2D eigenvalue weighted by Gasteiger charge is 2.25. The van der Waals surface area contributed by atoms with Crippen molar-refractivity contribution in [2.24, 2.45) is 21.2 Å². The summed E-state index contributed by atoms with van der Waals surface area (Å²) < 4.78 is 13.4. The second kappa shape index (κ2) is 10.7. The number of hydrogen-bond donors (Lipinski definition) is 4. The lowest BCUT2D eigenvalue weighted by atomic mass is 9.86. The normalized spacial score (nSPS) is 15.6. The second-order valence-electron chi connectivity index (χ2n) is 5.01. The molecule has 1 saturated carbocycles. The number of rotatable bonds is 3. The predicted molar refractivity (Wildman–Crippen MR) is 93.7 cm³/mol. The van der Waals surface area contributed by atoms with Gasteiger partial charge < -0.3 is 0 Å². The summed E-state index contributed by atoms with van der Waals surface area (Å²) >= 11 is 3.81. The van der Waals surface area contributed by atoms with Crippen LogP contribution in [-0.2, 0) is 4.79 Å². The van der Waals surface area contributed by atoms with Gasteiger partial charge in [0.25, 0.3) is 0 Å². The number of hydrogen-bond acceptors (Lipinski definition) is 6. The molecule has 0 atom stereocenters. The van der Waals surface area contributed by atoms with E-state index in [0.29, 0.717) is 5.69 Å². The number of ketones is 1. The summed E-state index contributed by atoms with van der Waals surface area (Å²) in [6, 6.07) is 4.16. The Hall–Kier alpha value is -1.00. The van der Waals surface area contributed by atoms with E-state index in [4.69, 9.17) is 5.21 Å². The summed E-state index contributed by atoms with van der Waals surface area (Å²) in [6.45, 7) is 0. The molecule has 0 saturated heterocycles. The molecule has 6 nitrogen and oxygen atoms in total. The van der Waals surface area contributed by atoms with Crippen LogP contribution in [0.4, 0.5) is 10.1 Å². The highest BCUT2D eigenvalue weighted by atomic mass is 79.9. The van der Waals surface area contributed by atoms with Gasteiger partial charge in [-0.25, -0.2) is 14.9 Å². The Morgan fingerprint density at radius 1 is 1.35 bits per heavy atom. The number of aliphatic imine (C=N–C) groups is 1. The lowest BCUT2D eigenvalue weighted by molar-refractivity contribution is -0.117. The number of carbonyl (C=O) groups is 1. The van der Waals surface area contributed by atoms with Crippen molar-refractivity contribution in [3.05, 3.63) is 28.5 Å². The summed E-state index contributed by atoms with van der Waals surface area (Å²) in [4.78, 5) is 16.3. The fraction of sp³-hybridized carbons (Fsp3) is 0.429. The van der Waals surface area contributed by atoms with E-state index < -0.39 is 5.82 Å².